The van der Waals surface area contributed by atoms with Gasteiger partial charge in [-0.3, -0.25) is 4.79 Å². The van der Waals surface area contributed by atoms with E-state index in [0.717, 1.165) is 5.56 Å². The van der Waals surface area contributed by atoms with Gasteiger partial charge in [-0.25, -0.2) is 0 Å². The minimum Gasteiger partial charge on any atom is -0.457 e. The Balaban J connectivity index is 2.08. The van der Waals surface area contributed by atoms with Crippen LogP contribution in [0.4, 0.5) is 5.69 Å². The van der Waals surface area contributed by atoms with Crippen molar-refractivity contribution in [3.63, 3.8) is 0 Å². The number of carbonyl (C=O) groups excluding carboxylic acids is 1. The number of hydrogen-bond donors (Lipinski definition) is 1. The molecule has 90 valence electrons. The molecule has 0 bridgehead atoms. The Hall–Kier alpha value is -2.06. The van der Waals surface area contributed by atoms with E-state index < -0.39 is 0 Å². The van der Waals surface area contributed by atoms with Gasteiger partial charge in [0.15, 0.2) is 4.67 Å². The van der Waals surface area contributed by atoms with Crippen LogP contribution in [-0.2, 0) is 6.42 Å². The van der Waals surface area contributed by atoms with Crippen molar-refractivity contribution in [2.75, 3.05) is 5.32 Å². The number of amides is 1. The molecule has 18 heavy (non-hydrogen) atoms. The first-order valence-corrected chi connectivity index (χ1v) is 6.00. The zero-order chi connectivity index (χ0) is 13.0. The summed E-state index contributed by atoms with van der Waals surface area (Å²) in [5.41, 5.74) is 2.03. The molecule has 0 fully saturated rings. The molecule has 0 unspecified atom stereocenters. The summed E-state index contributed by atoms with van der Waals surface area (Å²) in [5, 5.41) is 11.3. The molecule has 2 rings (SSSR count). The van der Waals surface area contributed by atoms with Crippen molar-refractivity contribution in [1.29, 1.82) is 5.26 Å². The lowest BCUT2D eigenvalue weighted by molar-refractivity contribution is 0.102. The Kier molecular flexibility index (Phi) is 3.80. The minimum atomic E-state index is -0.247. The fraction of sp³-hybridized carbons (Fsp3) is 0.0769. The molecule has 0 saturated carbocycles. The van der Waals surface area contributed by atoms with Crippen LogP contribution in [-0.4, -0.2) is 5.91 Å². The number of nitrogens with one attached hydrogen (secondary N) is 1. The largest absolute Gasteiger partial charge is 0.457 e. The van der Waals surface area contributed by atoms with Crippen LogP contribution < -0.4 is 5.32 Å². The van der Waals surface area contributed by atoms with Gasteiger partial charge in [-0.05, 0) is 39.7 Å². The van der Waals surface area contributed by atoms with Crippen LogP contribution in [0, 0.1) is 11.3 Å². The van der Waals surface area contributed by atoms with Gasteiger partial charge in [0.2, 0.25) is 0 Å². The molecule has 2 aromatic rings. The molecule has 4 nitrogen and oxygen atoms in total. The van der Waals surface area contributed by atoms with Gasteiger partial charge < -0.3 is 9.73 Å². The molecule has 0 aliphatic carbocycles. The summed E-state index contributed by atoms with van der Waals surface area (Å²) in [7, 11) is 0. The number of nitrogens with zero attached hydrogens (tertiary/aromatic N) is 1. The number of nitriles is 1. The van der Waals surface area contributed by atoms with Crippen molar-refractivity contribution in [2.24, 2.45) is 0 Å². The van der Waals surface area contributed by atoms with Crippen LogP contribution in [0.1, 0.15) is 15.9 Å². The van der Waals surface area contributed by atoms with Gasteiger partial charge in [0, 0.05) is 5.69 Å². The van der Waals surface area contributed by atoms with Crippen molar-refractivity contribution >= 4 is 27.5 Å². The van der Waals surface area contributed by atoms with Gasteiger partial charge in [-0.15, -0.1) is 0 Å². The Morgan fingerprint density at radius 3 is 2.61 bits per heavy atom. The molecule has 5 heteroatoms. The Morgan fingerprint density at radius 2 is 2.06 bits per heavy atom. The average molecular weight is 305 g/mol. The summed E-state index contributed by atoms with van der Waals surface area (Å²) in [6.07, 6.45) is 1.80. The second kappa shape index (κ2) is 5.52. The first-order valence-electron chi connectivity index (χ1n) is 5.21. The molecule has 1 heterocycles. The first kappa shape index (κ1) is 12.4. The number of furan rings is 1. The quantitative estimate of drug-likeness (QED) is 0.945. The Morgan fingerprint density at radius 1 is 1.33 bits per heavy atom. The molecule has 0 atom stereocenters. The lowest BCUT2D eigenvalue weighted by atomic mass is 10.1. The standard InChI is InChI=1S/C13H9BrN2O2/c14-12-11(6-8-18-12)13(17)16-10-3-1-9(2-4-10)5-7-15/h1-4,6,8H,5H2,(H,16,17). The molecule has 0 radical (unpaired) electrons. The maximum absolute atomic E-state index is 11.9. The normalized spacial score (nSPS) is 9.78. The molecule has 0 spiro atoms. The highest BCUT2D eigenvalue weighted by Gasteiger charge is 2.12. The highest BCUT2D eigenvalue weighted by molar-refractivity contribution is 9.10. The number of benzene rings is 1. The fourth-order valence-corrected chi connectivity index (χ4v) is 1.87. The van der Waals surface area contributed by atoms with Gasteiger partial charge >= 0.3 is 0 Å². The van der Waals surface area contributed by atoms with Crippen LogP contribution in [0.25, 0.3) is 0 Å². The number of carbonyl (C=O) groups is 1. The smallest absolute Gasteiger partial charge is 0.260 e. The van der Waals surface area contributed by atoms with E-state index >= 15 is 0 Å². The minimum absolute atomic E-state index is 0.247. The zero-order valence-corrected chi connectivity index (χ0v) is 10.9. The van der Waals surface area contributed by atoms with Gasteiger partial charge in [-0.2, -0.15) is 5.26 Å². The van der Waals surface area contributed by atoms with E-state index in [9.17, 15) is 4.79 Å². The van der Waals surface area contributed by atoms with Gasteiger partial charge in [0.1, 0.15) is 0 Å². The van der Waals surface area contributed by atoms with Crippen molar-refractivity contribution in [2.45, 2.75) is 6.42 Å². The predicted molar refractivity (Wildman–Crippen MR) is 70.1 cm³/mol. The molecule has 1 N–H and O–H groups in total. The van der Waals surface area contributed by atoms with Crippen molar-refractivity contribution in [1.82, 2.24) is 0 Å². The van der Waals surface area contributed by atoms with Crippen molar-refractivity contribution < 1.29 is 9.21 Å². The van der Waals surface area contributed by atoms with E-state index in [2.05, 4.69) is 27.3 Å². The number of hydrogen-bond acceptors (Lipinski definition) is 3. The van der Waals surface area contributed by atoms with E-state index in [1.165, 1.54) is 6.26 Å². The highest BCUT2D eigenvalue weighted by Crippen LogP contribution is 2.19. The molecule has 0 aliphatic rings. The van der Waals surface area contributed by atoms with Crippen LogP contribution in [0.2, 0.25) is 0 Å². The second-order valence-electron chi connectivity index (χ2n) is 3.59. The summed E-state index contributed by atoms with van der Waals surface area (Å²) < 4.78 is 5.40. The highest BCUT2D eigenvalue weighted by atomic mass is 79.9. The summed E-state index contributed by atoms with van der Waals surface area (Å²) in [6, 6.07) is 10.8. The number of anilines is 1. The zero-order valence-electron chi connectivity index (χ0n) is 9.31. The maximum Gasteiger partial charge on any atom is 0.260 e. The van der Waals surface area contributed by atoms with E-state index in [1.54, 1.807) is 18.2 Å². The molecule has 0 saturated heterocycles. The van der Waals surface area contributed by atoms with Gasteiger partial charge in [0.25, 0.3) is 5.91 Å². The summed E-state index contributed by atoms with van der Waals surface area (Å²) in [6.45, 7) is 0. The van der Waals surface area contributed by atoms with Crippen LogP contribution in [0.3, 0.4) is 0 Å². The monoisotopic (exact) mass is 304 g/mol. The number of rotatable bonds is 3. The molecule has 0 aliphatic heterocycles. The molecular weight excluding hydrogens is 296 g/mol. The molecular formula is C13H9BrN2O2. The SMILES string of the molecule is N#CCc1ccc(NC(=O)c2ccoc2Br)cc1. The first-order chi connectivity index (χ1) is 8.70. The third kappa shape index (κ3) is 2.79. The maximum atomic E-state index is 11.9. The lowest BCUT2D eigenvalue weighted by Crippen LogP contribution is -2.11. The van der Waals surface area contributed by atoms with E-state index in [4.69, 9.17) is 9.68 Å². The van der Waals surface area contributed by atoms with Crippen LogP contribution in [0.15, 0.2) is 45.7 Å². The topological polar surface area (TPSA) is 66.0 Å². The van der Waals surface area contributed by atoms with E-state index in [0.29, 0.717) is 22.3 Å². The Labute approximate surface area is 112 Å². The molecule has 1 aromatic carbocycles. The van der Waals surface area contributed by atoms with Gasteiger partial charge in [0.05, 0.1) is 24.3 Å². The van der Waals surface area contributed by atoms with E-state index in [-0.39, 0.29) is 5.91 Å². The van der Waals surface area contributed by atoms with Gasteiger partial charge in [-0.1, -0.05) is 12.1 Å². The molecule has 1 aromatic heterocycles. The van der Waals surface area contributed by atoms with E-state index in [1.807, 2.05) is 12.1 Å². The summed E-state index contributed by atoms with van der Waals surface area (Å²) in [5.74, 6) is -0.247. The average Bonchev–Trinajstić information content (AvgIpc) is 2.78. The molecule has 1 amide bonds. The predicted octanol–water partition coefficient (Wildman–Crippen LogP) is 3.36. The number of halogens is 1. The van der Waals surface area contributed by atoms with Crippen molar-refractivity contribution in [3.8, 4) is 6.07 Å². The van der Waals surface area contributed by atoms with Crippen LogP contribution in [0.5, 0.6) is 0 Å². The van der Waals surface area contributed by atoms with Crippen molar-refractivity contribution in [3.05, 3.63) is 52.4 Å². The second-order valence-corrected chi connectivity index (χ2v) is 4.31. The summed E-state index contributed by atoms with van der Waals surface area (Å²) >= 11 is 3.15. The Bertz CT molecular complexity index is 596. The lowest BCUT2D eigenvalue weighted by Gasteiger charge is -2.04. The van der Waals surface area contributed by atoms with Crippen LogP contribution >= 0.6 is 15.9 Å². The third-order valence-corrected chi connectivity index (χ3v) is 2.97. The summed E-state index contributed by atoms with van der Waals surface area (Å²) in [4.78, 5) is 11.9. The third-order valence-electron chi connectivity index (χ3n) is 2.36. The fourth-order valence-electron chi connectivity index (χ4n) is 1.45.